The first-order valence-corrected chi connectivity index (χ1v) is 6.75. The van der Waals surface area contributed by atoms with Crippen LogP contribution in [0.3, 0.4) is 0 Å². The van der Waals surface area contributed by atoms with Gasteiger partial charge in [-0.25, -0.2) is 14.6 Å². The molecule has 1 aromatic heterocycles. The van der Waals surface area contributed by atoms with Crippen molar-refractivity contribution in [2.45, 2.75) is 19.6 Å². The molecule has 0 spiro atoms. The van der Waals surface area contributed by atoms with Gasteiger partial charge in [0.2, 0.25) is 5.88 Å². The number of halogens is 1. The summed E-state index contributed by atoms with van der Waals surface area (Å²) in [5, 5.41) is 2.78. The van der Waals surface area contributed by atoms with Gasteiger partial charge in [-0.05, 0) is 28.1 Å². The summed E-state index contributed by atoms with van der Waals surface area (Å²) in [6, 6.07) is 3.36. The van der Waals surface area contributed by atoms with Gasteiger partial charge in [0, 0.05) is 20.0 Å². The summed E-state index contributed by atoms with van der Waals surface area (Å²) in [7, 11) is 1.46. The quantitative estimate of drug-likeness (QED) is 0.383. The molecule has 0 saturated carbocycles. The number of hydrogen-bond acceptors (Lipinski definition) is 7. The Labute approximate surface area is 129 Å². The predicted octanol–water partition coefficient (Wildman–Crippen LogP) is 1.98. The molecule has 8 heteroatoms. The van der Waals surface area contributed by atoms with Gasteiger partial charge in [0.15, 0.2) is 5.57 Å². The molecule has 112 valence electrons. The molecule has 0 aromatic carbocycles. The molecule has 1 aromatic rings. The lowest BCUT2D eigenvalue weighted by Gasteiger charge is -2.29. The number of hydrogen-bond donors (Lipinski definition) is 1. The van der Waals surface area contributed by atoms with E-state index in [1.807, 2.05) is 0 Å². The standard InChI is InChI=1S/C13H13BrN2O5/c1-13(2)20-11(17)7(12(18)21-13)6-15-8-4-5-9(14)16-10(8)19-3/h4-6,15H,1-3H3. The van der Waals surface area contributed by atoms with Crippen molar-refractivity contribution in [1.82, 2.24) is 4.98 Å². The molecule has 0 amide bonds. The number of aromatic nitrogens is 1. The zero-order valence-corrected chi connectivity index (χ0v) is 13.2. The van der Waals surface area contributed by atoms with E-state index in [9.17, 15) is 9.59 Å². The third kappa shape index (κ3) is 3.52. The smallest absolute Gasteiger partial charge is 0.350 e. The Kier molecular flexibility index (Phi) is 4.17. The van der Waals surface area contributed by atoms with Gasteiger partial charge in [-0.2, -0.15) is 0 Å². The lowest BCUT2D eigenvalue weighted by atomic mass is 10.2. The highest BCUT2D eigenvalue weighted by molar-refractivity contribution is 9.10. The fraction of sp³-hybridized carbons (Fsp3) is 0.308. The van der Waals surface area contributed by atoms with Crippen molar-refractivity contribution >= 4 is 33.6 Å². The van der Waals surface area contributed by atoms with Gasteiger partial charge in [-0.3, -0.25) is 0 Å². The van der Waals surface area contributed by atoms with Crippen molar-refractivity contribution in [1.29, 1.82) is 0 Å². The summed E-state index contributed by atoms with van der Waals surface area (Å²) >= 11 is 3.21. The van der Waals surface area contributed by atoms with E-state index in [1.165, 1.54) is 27.2 Å². The molecule has 0 radical (unpaired) electrons. The maximum Gasteiger partial charge on any atom is 0.350 e. The number of anilines is 1. The number of nitrogens with one attached hydrogen (secondary N) is 1. The van der Waals surface area contributed by atoms with Gasteiger partial charge in [0.1, 0.15) is 10.3 Å². The second-order valence-electron chi connectivity index (χ2n) is 4.57. The number of methoxy groups -OCH3 is 1. The molecule has 1 aliphatic rings. The SMILES string of the molecule is COc1nc(Br)ccc1NC=C1C(=O)OC(C)(C)OC1=O. The van der Waals surface area contributed by atoms with Crippen LogP contribution >= 0.6 is 15.9 Å². The lowest BCUT2D eigenvalue weighted by molar-refractivity contribution is -0.222. The van der Waals surface area contributed by atoms with E-state index in [0.29, 0.717) is 16.2 Å². The summed E-state index contributed by atoms with van der Waals surface area (Å²) in [5.74, 6) is -2.47. The van der Waals surface area contributed by atoms with Crippen molar-refractivity contribution in [3.05, 3.63) is 28.5 Å². The minimum Gasteiger partial charge on any atom is -0.479 e. The van der Waals surface area contributed by atoms with Crippen molar-refractivity contribution < 1.29 is 23.8 Å². The molecule has 0 unspecified atom stereocenters. The summed E-state index contributed by atoms with van der Waals surface area (Å²) in [5.41, 5.74) is 0.248. The first kappa shape index (κ1) is 15.3. The van der Waals surface area contributed by atoms with Crippen LogP contribution in [-0.4, -0.2) is 29.8 Å². The summed E-state index contributed by atoms with van der Waals surface area (Å²) in [6.45, 7) is 2.96. The molecule has 1 fully saturated rings. The monoisotopic (exact) mass is 356 g/mol. The number of cyclic esters (lactones) is 2. The average Bonchev–Trinajstić information content (AvgIpc) is 2.37. The van der Waals surface area contributed by atoms with Crippen LogP contribution < -0.4 is 10.1 Å². The molecule has 2 rings (SSSR count). The first-order chi connectivity index (χ1) is 9.82. The fourth-order valence-corrected chi connectivity index (χ4v) is 1.90. The zero-order valence-electron chi connectivity index (χ0n) is 11.6. The zero-order chi connectivity index (χ0) is 15.6. The fourth-order valence-electron chi connectivity index (χ4n) is 1.61. The number of rotatable bonds is 3. The van der Waals surface area contributed by atoms with Crippen LogP contribution in [0.25, 0.3) is 0 Å². The molecule has 0 bridgehead atoms. The van der Waals surface area contributed by atoms with Crippen molar-refractivity contribution in [3.8, 4) is 5.88 Å². The van der Waals surface area contributed by atoms with Crippen LogP contribution in [0.4, 0.5) is 5.69 Å². The van der Waals surface area contributed by atoms with Crippen molar-refractivity contribution in [3.63, 3.8) is 0 Å². The van der Waals surface area contributed by atoms with Crippen molar-refractivity contribution in [2.24, 2.45) is 0 Å². The Bertz CT molecular complexity index is 605. The van der Waals surface area contributed by atoms with Gasteiger partial charge in [0.05, 0.1) is 7.11 Å². The van der Waals surface area contributed by atoms with E-state index >= 15 is 0 Å². The number of ether oxygens (including phenoxy) is 3. The van der Waals surface area contributed by atoms with Gasteiger partial charge in [0.25, 0.3) is 5.79 Å². The van der Waals surface area contributed by atoms with E-state index in [2.05, 4.69) is 26.2 Å². The first-order valence-electron chi connectivity index (χ1n) is 5.96. The highest BCUT2D eigenvalue weighted by Gasteiger charge is 2.38. The normalized spacial score (nSPS) is 16.9. The van der Waals surface area contributed by atoms with Crippen LogP contribution in [0.5, 0.6) is 5.88 Å². The Balaban J connectivity index is 2.22. The summed E-state index contributed by atoms with van der Waals surface area (Å²) < 4.78 is 15.6. The highest BCUT2D eigenvalue weighted by Crippen LogP contribution is 2.26. The second-order valence-corrected chi connectivity index (χ2v) is 5.38. The minimum absolute atomic E-state index is 0.237. The van der Waals surface area contributed by atoms with Gasteiger partial charge < -0.3 is 19.5 Å². The topological polar surface area (TPSA) is 86.8 Å². The number of nitrogens with zero attached hydrogens (tertiary/aromatic N) is 1. The van der Waals surface area contributed by atoms with Gasteiger partial charge in [-0.15, -0.1) is 0 Å². The van der Waals surface area contributed by atoms with E-state index < -0.39 is 17.7 Å². The van der Waals surface area contributed by atoms with Crippen LogP contribution in [0.2, 0.25) is 0 Å². The van der Waals surface area contributed by atoms with Crippen molar-refractivity contribution in [2.75, 3.05) is 12.4 Å². The number of esters is 2. The molecule has 21 heavy (non-hydrogen) atoms. The van der Waals surface area contributed by atoms with E-state index in [0.717, 1.165) is 0 Å². The van der Waals surface area contributed by atoms with E-state index in [1.54, 1.807) is 12.1 Å². The van der Waals surface area contributed by atoms with E-state index in [4.69, 9.17) is 14.2 Å². The molecule has 0 aliphatic carbocycles. The third-order valence-electron chi connectivity index (χ3n) is 2.51. The van der Waals surface area contributed by atoms with E-state index in [-0.39, 0.29) is 5.57 Å². The molecule has 7 nitrogen and oxygen atoms in total. The molecule has 0 atom stereocenters. The molecular weight excluding hydrogens is 344 g/mol. The summed E-state index contributed by atoms with van der Waals surface area (Å²) in [6.07, 6.45) is 1.20. The molecule has 1 aliphatic heterocycles. The Hall–Kier alpha value is -2.09. The number of carbonyl (C=O) groups excluding carboxylic acids is 2. The molecule has 1 N–H and O–H groups in total. The molecular formula is C13H13BrN2O5. The third-order valence-corrected chi connectivity index (χ3v) is 2.95. The highest BCUT2D eigenvalue weighted by atomic mass is 79.9. The maximum atomic E-state index is 11.8. The largest absolute Gasteiger partial charge is 0.479 e. The average molecular weight is 357 g/mol. The van der Waals surface area contributed by atoms with Crippen LogP contribution in [0.1, 0.15) is 13.8 Å². The maximum absolute atomic E-state index is 11.8. The predicted molar refractivity (Wildman–Crippen MR) is 76.5 cm³/mol. The molecule has 2 heterocycles. The number of carbonyl (C=O) groups is 2. The lowest BCUT2D eigenvalue weighted by Crippen LogP contribution is -2.42. The summed E-state index contributed by atoms with van der Waals surface area (Å²) in [4.78, 5) is 27.6. The van der Waals surface area contributed by atoms with Gasteiger partial charge >= 0.3 is 11.9 Å². The Morgan fingerprint density at radius 1 is 1.29 bits per heavy atom. The van der Waals surface area contributed by atoms with Crippen LogP contribution in [-0.2, 0) is 19.1 Å². The van der Waals surface area contributed by atoms with Gasteiger partial charge in [-0.1, -0.05) is 0 Å². The molecule has 1 saturated heterocycles. The number of pyridine rings is 1. The second kappa shape index (κ2) is 5.72. The Morgan fingerprint density at radius 3 is 2.48 bits per heavy atom. The Morgan fingerprint density at radius 2 is 1.90 bits per heavy atom. The minimum atomic E-state index is -1.26. The van der Waals surface area contributed by atoms with Crippen LogP contribution in [0, 0.1) is 0 Å². The van der Waals surface area contributed by atoms with Crippen LogP contribution in [0.15, 0.2) is 28.5 Å².